The van der Waals surface area contributed by atoms with Crippen LogP contribution in [0.25, 0.3) is 5.69 Å². The van der Waals surface area contributed by atoms with Crippen LogP contribution in [0.15, 0.2) is 30.6 Å². The number of ketones is 1. The zero-order valence-corrected chi connectivity index (χ0v) is 19.9. The van der Waals surface area contributed by atoms with Crippen LogP contribution in [0.4, 0.5) is 0 Å². The Morgan fingerprint density at radius 1 is 1.10 bits per heavy atom. The molecule has 30 heavy (non-hydrogen) atoms. The Bertz CT molecular complexity index is 1000. The van der Waals surface area contributed by atoms with Gasteiger partial charge in [-0.3, -0.25) is 9.36 Å². The first kappa shape index (κ1) is 23.3. The number of hydrogen-bond donors (Lipinski definition) is 0. The molecule has 1 aromatic carbocycles. The first-order valence-electron chi connectivity index (χ1n) is 10.2. The molecular formula is C22H28Cl2N2O3S. The van der Waals surface area contributed by atoms with Crippen LogP contribution in [0.3, 0.4) is 0 Å². The smallest absolute Gasteiger partial charge is 0.166 e. The van der Waals surface area contributed by atoms with Gasteiger partial charge in [0.15, 0.2) is 20.1 Å². The molecule has 0 amide bonds. The Morgan fingerprint density at radius 2 is 1.70 bits per heavy atom. The van der Waals surface area contributed by atoms with Crippen molar-refractivity contribution in [2.75, 3.05) is 5.75 Å². The van der Waals surface area contributed by atoms with Crippen LogP contribution < -0.4 is 0 Å². The van der Waals surface area contributed by atoms with Crippen LogP contribution in [-0.2, 0) is 21.1 Å². The zero-order chi connectivity index (χ0) is 22.1. The van der Waals surface area contributed by atoms with Gasteiger partial charge >= 0.3 is 0 Å². The molecule has 0 N–H and O–H groups in total. The fourth-order valence-corrected chi connectivity index (χ4v) is 5.60. The van der Waals surface area contributed by atoms with Gasteiger partial charge in [0.2, 0.25) is 0 Å². The number of imidazole rings is 1. The standard InChI is InChI=1S/C22H28Cl2N2O3S/c1-22(2,3)30(28,29)13-16-4-8-17(9-5-16)19(27)12-15-6-10-18(11-7-15)26-14-25-20(23)21(26)24/h6-7,10-11,14,16-17H,4-5,8-9,12-13H2,1-3H3. The number of hydrogen-bond acceptors (Lipinski definition) is 4. The fourth-order valence-electron chi connectivity index (χ4n) is 3.82. The van der Waals surface area contributed by atoms with Crippen LogP contribution >= 0.6 is 23.2 Å². The highest BCUT2D eigenvalue weighted by Crippen LogP contribution is 2.33. The minimum Gasteiger partial charge on any atom is -0.299 e. The van der Waals surface area contributed by atoms with E-state index < -0.39 is 14.6 Å². The lowest BCUT2D eigenvalue weighted by Gasteiger charge is -2.30. The Kier molecular flexibility index (Phi) is 7.00. The van der Waals surface area contributed by atoms with Crippen LogP contribution in [0, 0.1) is 11.8 Å². The van der Waals surface area contributed by atoms with E-state index in [0.717, 1.165) is 36.9 Å². The number of rotatable bonds is 6. The minimum absolute atomic E-state index is 0.0140. The van der Waals surface area contributed by atoms with Crippen LogP contribution in [0.5, 0.6) is 0 Å². The largest absolute Gasteiger partial charge is 0.299 e. The predicted octanol–water partition coefficient (Wildman–Crippen LogP) is 5.31. The van der Waals surface area contributed by atoms with Crippen molar-refractivity contribution >= 4 is 38.8 Å². The third-order valence-electron chi connectivity index (χ3n) is 5.95. The summed E-state index contributed by atoms with van der Waals surface area (Å²) < 4.78 is 25.8. The van der Waals surface area contributed by atoms with Gasteiger partial charge in [0.25, 0.3) is 0 Å². The summed E-state index contributed by atoms with van der Waals surface area (Å²) in [4.78, 5) is 16.7. The van der Waals surface area contributed by atoms with Crippen LogP contribution in [0.2, 0.25) is 10.3 Å². The molecule has 0 saturated heterocycles. The topological polar surface area (TPSA) is 69.0 Å². The molecule has 1 saturated carbocycles. The third kappa shape index (κ3) is 5.27. The SMILES string of the molecule is CC(C)(C)S(=O)(=O)CC1CCC(C(=O)Cc2ccc(-n3cnc(Cl)c3Cl)cc2)CC1. The average Bonchev–Trinajstić information content (AvgIpc) is 3.00. The van der Waals surface area contributed by atoms with Gasteiger partial charge in [0.1, 0.15) is 12.1 Å². The second kappa shape index (κ2) is 9.01. The van der Waals surface area contributed by atoms with Crippen molar-refractivity contribution < 1.29 is 13.2 Å². The quantitative estimate of drug-likeness (QED) is 0.573. The minimum atomic E-state index is -3.12. The highest BCUT2D eigenvalue weighted by atomic mass is 35.5. The molecule has 0 unspecified atom stereocenters. The maximum Gasteiger partial charge on any atom is 0.166 e. The number of carbonyl (C=O) groups is 1. The lowest BCUT2D eigenvalue weighted by molar-refractivity contribution is -0.123. The molecule has 5 nitrogen and oxygen atoms in total. The second-order valence-electron chi connectivity index (χ2n) is 9.12. The van der Waals surface area contributed by atoms with E-state index in [0.29, 0.717) is 11.6 Å². The number of sulfone groups is 1. The molecule has 1 aliphatic carbocycles. The van der Waals surface area contributed by atoms with Gasteiger partial charge in [-0.05, 0) is 70.1 Å². The summed E-state index contributed by atoms with van der Waals surface area (Å²) in [7, 11) is -3.12. The number of Topliss-reactive ketones (excluding diaryl/α,β-unsaturated/α-hetero) is 1. The van der Waals surface area contributed by atoms with Crippen molar-refractivity contribution in [3.8, 4) is 5.69 Å². The van der Waals surface area contributed by atoms with E-state index in [4.69, 9.17) is 23.2 Å². The number of aromatic nitrogens is 2. The summed E-state index contributed by atoms with van der Waals surface area (Å²) in [5.41, 5.74) is 1.78. The maximum atomic E-state index is 12.8. The normalized spacial score (nSPS) is 20.3. The molecule has 8 heteroatoms. The molecule has 0 bridgehead atoms. The van der Waals surface area contributed by atoms with Gasteiger partial charge in [-0.25, -0.2) is 13.4 Å². The van der Waals surface area contributed by atoms with Crippen LogP contribution in [0.1, 0.15) is 52.0 Å². The fraction of sp³-hybridized carbons (Fsp3) is 0.545. The number of nitrogens with zero attached hydrogens (tertiary/aromatic N) is 2. The number of carbonyl (C=O) groups excluding carboxylic acids is 1. The van der Waals surface area contributed by atoms with E-state index >= 15 is 0 Å². The first-order valence-corrected chi connectivity index (χ1v) is 12.6. The molecule has 1 fully saturated rings. The van der Waals surface area contributed by atoms with Crippen molar-refractivity contribution in [1.82, 2.24) is 9.55 Å². The van der Waals surface area contributed by atoms with Crippen LogP contribution in [-0.4, -0.2) is 34.3 Å². The zero-order valence-electron chi connectivity index (χ0n) is 17.6. The Balaban J connectivity index is 1.54. The monoisotopic (exact) mass is 470 g/mol. The molecule has 1 aromatic heterocycles. The predicted molar refractivity (Wildman–Crippen MR) is 121 cm³/mol. The first-order chi connectivity index (χ1) is 14.0. The lowest BCUT2D eigenvalue weighted by Crippen LogP contribution is -2.35. The summed E-state index contributed by atoms with van der Waals surface area (Å²) in [6, 6.07) is 7.61. The molecule has 0 atom stereocenters. The Labute approximate surface area is 188 Å². The Morgan fingerprint density at radius 3 is 2.20 bits per heavy atom. The molecule has 0 radical (unpaired) electrons. The van der Waals surface area contributed by atoms with Gasteiger partial charge < -0.3 is 0 Å². The molecule has 164 valence electrons. The summed E-state index contributed by atoms with van der Waals surface area (Å²) in [5, 5.41) is 0.604. The summed E-state index contributed by atoms with van der Waals surface area (Å²) in [5.74, 6) is 0.618. The summed E-state index contributed by atoms with van der Waals surface area (Å²) >= 11 is 12.0. The molecule has 0 spiro atoms. The number of benzene rings is 1. The molecule has 2 aromatic rings. The molecule has 3 rings (SSSR count). The van der Waals surface area contributed by atoms with Crippen molar-refractivity contribution in [2.45, 2.75) is 57.6 Å². The average molecular weight is 471 g/mol. The molecule has 1 aliphatic rings. The second-order valence-corrected chi connectivity index (χ2v) is 12.6. The van der Waals surface area contributed by atoms with Gasteiger partial charge in [-0.2, -0.15) is 0 Å². The number of halogens is 2. The van der Waals surface area contributed by atoms with Gasteiger partial charge in [0.05, 0.1) is 10.5 Å². The van der Waals surface area contributed by atoms with Crippen molar-refractivity contribution in [2.24, 2.45) is 11.8 Å². The van der Waals surface area contributed by atoms with Crippen molar-refractivity contribution in [1.29, 1.82) is 0 Å². The van der Waals surface area contributed by atoms with E-state index in [1.807, 2.05) is 24.3 Å². The van der Waals surface area contributed by atoms with Gasteiger partial charge in [-0.15, -0.1) is 0 Å². The summed E-state index contributed by atoms with van der Waals surface area (Å²) in [6.07, 6.45) is 5.07. The van der Waals surface area contributed by atoms with E-state index in [9.17, 15) is 13.2 Å². The van der Waals surface area contributed by atoms with Gasteiger partial charge in [0, 0.05) is 18.0 Å². The third-order valence-corrected chi connectivity index (χ3v) is 9.46. The summed E-state index contributed by atoms with van der Waals surface area (Å²) in [6.45, 7) is 5.24. The maximum absolute atomic E-state index is 12.8. The highest BCUT2D eigenvalue weighted by Gasteiger charge is 2.34. The van der Waals surface area contributed by atoms with E-state index in [2.05, 4.69) is 4.98 Å². The van der Waals surface area contributed by atoms with E-state index in [1.165, 1.54) is 0 Å². The van der Waals surface area contributed by atoms with E-state index in [-0.39, 0.29) is 28.5 Å². The Hall–Kier alpha value is -1.37. The molecule has 1 heterocycles. The van der Waals surface area contributed by atoms with Crippen molar-refractivity contribution in [3.63, 3.8) is 0 Å². The molecule has 0 aliphatic heterocycles. The van der Waals surface area contributed by atoms with Gasteiger partial charge in [-0.1, -0.05) is 35.3 Å². The van der Waals surface area contributed by atoms with E-state index in [1.54, 1.807) is 31.7 Å². The highest BCUT2D eigenvalue weighted by molar-refractivity contribution is 7.92. The lowest BCUT2D eigenvalue weighted by atomic mass is 9.79. The molecular weight excluding hydrogens is 443 g/mol. The van der Waals surface area contributed by atoms with Crippen molar-refractivity contribution in [3.05, 3.63) is 46.5 Å².